The van der Waals surface area contributed by atoms with Gasteiger partial charge < -0.3 is 9.47 Å². The van der Waals surface area contributed by atoms with Crippen molar-refractivity contribution in [3.05, 3.63) is 87.4 Å². The summed E-state index contributed by atoms with van der Waals surface area (Å²) in [5.74, 6) is 0.0986. The predicted octanol–water partition coefficient (Wildman–Crippen LogP) is 6.55. The molecule has 4 aromatic rings. The number of aryl methyl sites for hydroxylation is 1. The van der Waals surface area contributed by atoms with E-state index in [2.05, 4.69) is 5.10 Å². The standard InChI is InChI=1S/C34H40F3N5O4/c1-21-16-42(32(44)46-33(3,4)5)38-30(21)29(24-8-6-9-24)25-10-7-11-26(15-25)40-20-28-27(34(35,36)37)14-23(19-41(28)31(40)43)18-39-12-13-45-22(2)17-39/h7,10-11,14-16,19-20,22,24,29H,6,8-9,12-13,17-18H2,1-5H3/t22-,29?/m1/s1. The molecule has 1 unspecified atom stereocenters. The topological polar surface area (TPSA) is 83.0 Å². The second-order valence-electron chi connectivity index (χ2n) is 13.6. The number of morpholine rings is 1. The Hall–Kier alpha value is -3.90. The number of halogens is 3. The Morgan fingerprint density at radius 3 is 2.54 bits per heavy atom. The van der Waals surface area contributed by atoms with Crippen LogP contribution in [0.15, 0.2) is 53.7 Å². The lowest BCUT2D eigenvalue weighted by Crippen LogP contribution is -2.40. The number of aromatic nitrogens is 4. The maximum atomic E-state index is 14.4. The molecule has 2 atom stereocenters. The first-order valence-corrected chi connectivity index (χ1v) is 15.8. The van der Waals surface area contributed by atoms with Crippen molar-refractivity contribution in [3.8, 4) is 5.69 Å². The van der Waals surface area contributed by atoms with E-state index < -0.39 is 29.1 Å². The van der Waals surface area contributed by atoms with E-state index in [4.69, 9.17) is 9.47 Å². The lowest BCUT2D eigenvalue weighted by Gasteiger charge is -2.33. The van der Waals surface area contributed by atoms with Crippen molar-refractivity contribution in [2.24, 2.45) is 5.92 Å². The van der Waals surface area contributed by atoms with E-state index in [-0.39, 0.29) is 30.0 Å². The third-order valence-corrected chi connectivity index (χ3v) is 8.80. The summed E-state index contributed by atoms with van der Waals surface area (Å²) < 4.78 is 57.8. The van der Waals surface area contributed by atoms with Crippen molar-refractivity contribution in [3.63, 3.8) is 0 Å². The minimum Gasteiger partial charge on any atom is -0.442 e. The molecular formula is C34H40F3N5O4. The molecule has 1 aliphatic heterocycles. The highest BCUT2D eigenvalue weighted by atomic mass is 19.4. The zero-order chi connectivity index (χ0) is 33.0. The highest BCUT2D eigenvalue weighted by molar-refractivity contribution is 5.70. The van der Waals surface area contributed by atoms with Crippen LogP contribution in [0, 0.1) is 12.8 Å². The molecule has 0 spiro atoms. The average Bonchev–Trinajstić information content (AvgIpc) is 3.48. The van der Waals surface area contributed by atoms with Crippen LogP contribution in [0.25, 0.3) is 11.2 Å². The van der Waals surface area contributed by atoms with Crippen LogP contribution in [-0.2, 0) is 22.2 Å². The van der Waals surface area contributed by atoms with Crippen LogP contribution in [0.4, 0.5) is 18.0 Å². The van der Waals surface area contributed by atoms with E-state index in [1.54, 1.807) is 39.1 Å². The number of nitrogens with zero attached hydrogens (tertiary/aromatic N) is 5. The van der Waals surface area contributed by atoms with Gasteiger partial charge in [0.25, 0.3) is 0 Å². The number of hydrogen-bond donors (Lipinski definition) is 0. The highest BCUT2D eigenvalue weighted by Gasteiger charge is 2.36. The Balaban J connectivity index is 1.39. The fraction of sp³-hybridized carbons (Fsp3) is 0.500. The molecule has 4 heterocycles. The van der Waals surface area contributed by atoms with E-state index in [9.17, 15) is 22.8 Å². The lowest BCUT2D eigenvalue weighted by molar-refractivity contribution is -0.136. The van der Waals surface area contributed by atoms with Gasteiger partial charge in [0.1, 0.15) is 5.60 Å². The largest absolute Gasteiger partial charge is 0.442 e. The predicted molar refractivity (Wildman–Crippen MR) is 166 cm³/mol. The van der Waals surface area contributed by atoms with Gasteiger partial charge in [-0.3, -0.25) is 13.9 Å². The van der Waals surface area contributed by atoms with Crippen molar-refractivity contribution in [1.82, 2.24) is 23.6 Å². The van der Waals surface area contributed by atoms with E-state index in [0.717, 1.165) is 46.6 Å². The highest BCUT2D eigenvalue weighted by Crippen LogP contribution is 2.44. The van der Waals surface area contributed by atoms with Crippen molar-refractivity contribution in [2.75, 3.05) is 19.7 Å². The number of benzene rings is 1. The Morgan fingerprint density at radius 1 is 1.13 bits per heavy atom. The zero-order valence-electron chi connectivity index (χ0n) is 26.8. The van der Waals surface area contributed by atoms with Gasteiger partial charge in [0, 0.05) is 44.1 Å². The molecule has 46 heavy (non-hydrogen) atoms. The summed E-state index contributed by atoms with van der Waals surface area (Å²) in [6.45, 7) is 11.2. The van der Waals surface area contributed by atoms with E-state index in [1.807, 2.05) is 30.9 Å². The number of carbonyl (C=O) groups is 1. The molecule has 0 N–H and O–H groups in total. The number of alkyl halides is 3. The molecule has 1 aliphatic carbocycles. The number of ether oxygens (including phenoxy) is 2. The Kier molecular flexibility index (Phi) is 8.39. The second-order valence-corrected chi connectivity index (χ2v) is 13.6. The monoisotopic (exact) mass is 639 g/mol. The summed E-state index contributed by atoms with van der Waals surface area (Å²) in [7, 11) is 0. The van der Waals surface area contributed by atoms with Crippen LogP contribution in [0.3, 0.4) is 0 Å². The van der Waals surface area contributed by atoms with Gasteiger partial charge in [-0.1, -0.05) is 18.6 Å². The molecule has 2 fully saturated rings. The van der Waals surface area contributed by atoms with Crippen LogP contribution in [0.1, 0.15) is 80.8 Å². The molecule has 246 valence electrons. The average molecular weight is 640 g/mol. The van der Waals surface area contributed by atoms with Gasteiger partial charge in [0.05, 0.1) is 35.2 Å². The van der Waals surface area contributed by atoms with Crippen molar-refractivity contribution < 1.29 is 27.4 Å². The maximum Gasteiger partial charge on any atom is 0.435 e. The van der Waals surface area contributed by atoms with Crippen molar-refractivity contribution in [1.29, 1.82) is 0 Å². The van der Waals surface area contributed by atoms with Crippen LogP contribution >= 0.6 is 0 Å². The molecule has 0 radical (unpaired) electrons. The Bertz CT molecular complexity index is 1810. The Labute approximate surface area is 265 Å². The SMILES string of the molecule is Cc1cn(C(=O)OC(C)(C)C)nc1C(c1cccc(-n2cc3c(C(F)(F)F)cc(CN4CCO[C@H](C)C4)cn3c2=O)c1)C1CCC1. The first-order valence-electron chi connectivity index (χ1n) is 15.8. The molecule has 2 aliphatic rings. The third kappa shape index (κ3) is 6.50. The van der Waals surface area contributed by atoms with Crippen LogP contribution in [0.2, 0.25) is 0 Å². The summed E-state index contributed by atoms with van der Waals surface area (Å²) in [5, 5.41) is 4.66. The second kappa shape index (κ2) is 12.0. The fourth-order valence-electron chi connectivity index (χ4n) is 6.51. The Morgan fingerprint density at radius 2 is 1.89 bits per heavy atom. The summed E-state index contributed by atoms with van der Waals surface area (Å²) in [4.78, 5) is 28.6. The van der Waals surface area contributed by atoms with Crippen LogP contribution in [-0.4, -0.2) is 61.1 Å². The number of rotatable bonds is 6. The van der Waals surface area contributed by atoms with Gasteiger partial charge in [-0.2, -0.15) is 23.0 Å². The van der Waals surface area contributed by atoms with Crippen LogP contribution < -0.4 is 5.69 Å². The van der Waals surface area contributed by atoms with E-state index >= 15 is 0 Å². The number of imidazole rings is 1. The van der Waals surface area contributed by atoms with Gasteiger partial charge in [-0.15, -0.1) is 0 Å². The molecule has 6 rings (SSSR count). The number of carbonyl (C=O) groups excluding carboxylic acids is 1. The van der Waals surface area contributed by atoms with Gasteiger partial charge in [-0.05, 0) is 88.3 Å². The zero-order valence-corrected chi connectivity index (χ0v) is 26.8. The minimum absolute atomic E-state index is 0.0192. The summed E-state index contributed by atoms with van der Waals surface area (Å²) >= 11 is 0. The number of hydrogen-bond acceptors (Lipinski definition) is 6. The first kappa shape index (κ1) is 32.1. The van der Waals surface area contributed by atoms with Gasteiger partial charge in [0.15, 0.2) is 0 Å². The van der Waals surface area contributed by atoms with E-state index in [1.165, 1.54) is 21.6 Å². The van der Waals surface area contributed by atoms with Gasteiger partial charge >= 0.3 is 18.0 Å². The summed E-state index contributed by atoms with van der Waals surface area (Å²) in [5.41, 5.74) is 0.987. The molecule has 0 amide bonds. The van der Waals surface area contributed by atoms with Crippen molar-refractivity contribution in [2.45, 2.75) is 84.2 Å². The normalized spacial score (nSPS) is 18.9. The molecule has 3 aromatic heterocycles. The molecule has 12 heteroatoms. The van der Waals surface area contributed by atoms with E-state index in [0.29, 0.717) is 30.9 Å². The lowest BCUT2D eigenvalue weighted by atomic mass is 9.71. The summed E-state index contributed by atoms with van der Waals surface area (Å²) in [6.07, 6.45) is 2.23. The molecular weight excluding hydrogens is 599 g/mol. The third-order valence-electron chi connectivity index (χ3n) is 8.80. The quantitative estimate of drug-likeness (QED) is 0.238. The van der Waals surface area contributed by atoms with Crippen LogP contribution in [0.5, 0.6) is 0 Å². The maximum absolute atomic E-state index is 14.4. The summed E-state index contributed by atoms with van der Waals surface area (Å²) in [6, 6.07) is 8.46. The number of fused-ring (bicyclic) bond motifs is 1. The molecule has 1 saturated carbocycles. The minimum atomic E-state index is -4.65. The van der Waals surface area contributed by atoms with Crippen molar-refractivity contribution >= 4 is 11.6 Å². The molecule has 9 nitrogen and oxygen atoms in total. The number of pyridine rings is 1. The smallest absolute Gasteiger partial charge is 0.435 e. The fourth-order valence-corrected chi connectivity index (χ4v) is 6.51. The first-order chi connectivity index (χ1) is 21.7. The van der Waals surface area contributed by atoms with Gasteiger partial charge in [0.2, 0.25) is 0 Å². The molecule has 0 bridgehead atoms. The molecule has 1 aromatic carbocycles. The van der Waals surface area contributed by atoms with Gasteiger partial charge in [-0.25, -0.2) is 9.59 Å². The molecule has 1 saturated heterocycles.